The number of halogens is 2. The van der Waals surface area contributed by atoms with Crippen LogP contribution in [-0.4, -0.2) is 0 Å². The molecule has 3 aliphatic carbocycles. The molecule has 3 aliphatic rings. The molecule has 0 aromatic heterocycles. The molecule has 16 aromatic rings. The van der Waals surface area contributed by atoms with Crippen molar-refractivity contribution in [2.45, 2.75) is 85.5 Å². The highest BCUT2D eigenvalue weighted by molar-refractivity contribution is 9.10. The normalized spacial score (nSPS) is 13.1. The van der Waals surface area contributed by atoms with Crippen molar-refractivity contribution in [3.63, 3.8) is 0 Å². The molecule has 19 rings (SSSR count). The summed E-state index contributed by atoms with van der Waals surface area (Å²) < 4.78 is 2.31. The predicted octanol–water partition coefficient (Wildman–Crippen LogP) is 31.8. The smallest absolute Gasteiger partial charge is 0.0520 e. The molecule has 0 spiro atoms. The Balaban J connectivity index is 0.000000172. The van der Waals surface area contributed by atoms with Crippen LogP contribution in [0, 0.1) is 27.7 Å². The molecule has 114 heavy (non-hydrogen) atoms. The van der Waals surface area contributed by atoms with E-state index in [9.17, 15) is 0 Å². The SMILES string of the molecule is CC1(C)c2ccccc2-c2ccc(Nc3ccc(-c4ccccc4)cc3)cc21.Cc1cc(-c2ccc(Br)cc2)cc(C)c1Br.Cc1cc(-c2ccc(N(c3ccc(-c4ccccc4)cc3)c3ccc4c(c3)C(C)(C)c3ccccc3-4)cc2)cc(C)c1N(c1ccc(-c2ccccc2)cc1)c1ccc2c(c1)C(C)(C)c1ccccc1-2. The third-order valence-electron chi connectivity index (χ3n) is 23.8. The summed E-state index contributed by atoms with van der Waals surface area (Å²) >= 11 is 7.04. The maximum Gasteiger partial charge on any atom is 0.0520 e. The maximum atomic E-state index is 3.59. The van der Waals surface area contributed by atoms with Crippen LogP contribution in [0.2, 0.25) is 0 Å². The Kier molecular flexibility index (Phi) is 20.1. The molecule has 1 N–H and O–H groups in total. The van der Waals surface area contributed by atoms with E-state index in [-0.39, 0.29) is 16.2 Å². The Labute approximate surface area is 690 Å². The van der Waals surface area contributed by atoms with E-state index in [4.69, 9.17) is 0 Å². The van der Waals surface area contributed by atoms with Crippen LogP contribution in [0.3, 0.4) is 0 Å². The molecule has 0 unspecified atom stereocenters. The lowest BCUT2D eigenvalue weighted by atomic mass is 9.82. The topological polar surface area (TPSA) is 18.5 Å². The van der Waals surface area contributed by atoms with Crippen LogP contribution in [0.25, 0.3) is 89.0 Å². The number of nitrogens with zero attached hydrogens (tertiary/aromatic N) is 2. The van der Waals surface area contributed by atoms with Gasteiger partial charge in [-0.15, -0.1) is 0 Å². The molecule has 556 valence electrons. The van der Waals surface area contributed by atoms with Gasteiger partial charge in [-0.2, -0.15) is 0 Å². The van der Waals surface area contributed by atoms with Gasteiger partial charge in [0.25, 0.3) is 0 Å². The summed E-state index contributed by atoms with van der Waals surface area (Å²) in [5.74, 6) is 0. The zero-order valence-corrected chi connectivity index (χ0v) is 69.5. The molecule has 0 radical (unpaired) electrons. The number of anilines is 8. The van der Waals surface area contributed by atoms with Crippen molar-refractivity contribution in [2.24, 2.45) is 0 Å². The number of hydrogen-bond acceptors (Lipinski definition) is 3. The first kappa shape index (κ1) is 74.6. The van der Waals surface area contributed by atoms with Crippen molar-refractivity contribution in [2.75, 3.05) is 15.1 Å². The Bertz CT molecular complexity index is 6200. The second kappa shape index (κ2) is 30.8. The van der Waals surface area contributed by atoms with E-state index in [0.717, 1.165) is 44.3 Å². The fourth-order valence-electron chi connectivity index (χ4n) is 17.7. The maximum absolute atomic E-state index is 3.59. The summed E-state index contributed by atoms with van der Waals surface area (Å²) in [6.07, 6.45) is 0. The fraction of sp³-hybridized carbons (Fsp3) is 0.119. The first-order valence-electron chi connectivity index (χ1n) is 39.6. The van der Waals surface area contributed by atoms with Crippen LogP contribution in [0.1, 0.15) is 97.2 Å². The van der Waals surface area contributed by atoms with Gasteiger partial charge in [-0.3, -0.25) is 0 Å². The summed E-state index contributed by atoms with van der Waals surface area (Å²) in [7, 11) is 0. The van der Waals surface area contributed by atoms with Gasteiger partial charge in [0.2, 0.25) is 0 Å². The average Bonchev–Trinajstić information content (AvgIpc) is 1.56. The van der Waals surface area contributed by atoms with Crippen LogP contribution in [0.4, 0.5) is 45.5 Å². The van der Waals surface area contributed by atoms with E-state index in [1.54, 1.807) is 0 Å². The third-order valence-corrected chi connectivity index (χ3v) is 25.5. The molecule has 3 nitrogen and oxygen atoms in total. The van der Waals surface area contributed by atoms with Crippen molar-refractivity contribution >= 4 is 77.4 Å². The van der Waals surface area contributed by atoms with Crippen molar-refractivity contribution in [1.29, 1.82) is 0 Å². The summed E-state index contributed by atoms with van der Waals surface area (Å²) in [4.78, 5) is 4.89. The van der Waals surface area contributed by atoms with E-state index < -0.39 is 0 Å². The minimum Gasteiger partial charge on any atom is -0.356 e. The largest absolute Gasteiger partial charge is 0.356 e. The third kappa shape index (κ3) is 14.2. The highest BCUT2D eigenvalue weighted by Gasteiger charge is 2.39. The van der Waals surface area contributed by atoms with Gasteiger partial charge in [0.15, 0.2) is 0 Å². The molecule has 0 heterocycles. The van der Waals surface area contributed by atoms with Crippen LogP contribution < -0.4 is 15.1 Å². The van der Waals surface area contributed by atoms with E-state index in [0.29, 0.717) is 0 Å². The molecule has 0 fully saturated rings. The first-order valence-corrected chi connectivity index (χ1v) is 41.2. The van der Waals surface area contributed by atoms with Gasteiger partial charge in [0, 0.05) is 65.0 Å². The van der Waals surface area contributed by atoms with Gasteiger partial charge in [-0.05, 0) is 282 Å². The highest BCUT2D eigenvalue weighted by atomic mass is 79.9. The second-order valence-electron chi connectivity index (χ2n) is 32.2. The lowest BCUT2D eigenvalue weighted by Gasteiger charge is -2.31. The van der Waals surface area contributed by atoms with Gasteiger partial charge in [0.1, 0.15) is 0 Å². The number of benzene rings is 16. The molecule has 0 amide bonds. The van der Waals surface area contributed by atoms with Crippen LogP contribution in [0.5, 0.6) is 0 Å². The van der Waals surface area contributed by atoms with E-state index in [2.05, 4.69) is 474 Å². The predicted molar refractivity (Wildman–Crippen MR) is 493 cm³/mol. The minimum atomic E-state index is -0.116. The average molecular weight is 1600 g/mol. The van der Waals surface area contributed by atoms with Gasteiger partial charge in [0.05, 0.1) is 5.69 Å². The summed E-state index contributed by atoms with van der Waals surface area (Å²) in [5.41, 5.74) is 42.4. The van der Waals surface area contributed by atoms with Gasteiger partial charge in [-0.1, -0.05) is 328 Å². The number of hydrogen-bond donors (Lipinski definition) is 1. The molecule has 0 aliphatic heterocycles. The monoisotopic (exact) mass is 1600 g/mol. The Morgan fingerprint density at radius 1 is 0.219 bits per heavy atom. The van der Waals surface area contributed by atoms with Gasteiger partial charge < -0.3 is 15.1 Å². The lowest BCUT2D eigenvalue weighted by Crippen LogP contribution is -2.17. The minimum absolute atomic E-state index is 0.0286. The molecule has 0 bridgehead atoms. The van der Waals surface area contributed by atoms with Crippen molar-refractivity contribution in [3.8, 4) is 89.0 Å². The Morgan fingerprint density at radius 3 is 0.886 bits per heavy atom. The van der Waals surface area contributed by atoms with Crippen molar-refractivity contribution in [3.05, 3.63) is 429 Å². The zero-order chi connectivity index (χ0) is 78.6. The number of fused-ring (bicyclic) bond motifs is 9. The summed E-state index contributed by atoms with van der Waals surface area (Å²) in [6, 6.07) is 133. The van der Waals surface area contributed by atoms with Gasteiger partial charge >= 0.3 is 0 Å². The molecular formula is C109H91Br2N3. The molecule has 0 atom stereocenters. The molecule has 5 heteroatoms. The Morgan fingerprint density at radius 2 is 0.491 bits per heavy atom. The highest BCUT2D eigenvalue weighted by Crippen LogP contribution is 2.55. The standard InChI is InChI=1S/C68H56N2.C27H23N.C14H12Br2/c1-45-41-52(42-46(2)66(45)70(55-35-27-50(28-36-55)48-19-11-8-12-20-48)57-38-40-61-59-22-14-16-24-63(59)68(5,6)65(61)44-57)51-29-33-54(34-30-51)69(53-31-25-49(26-32-53)47-17-9-7-10-18-47)56-37-39-60-58-21-13-15-23-62(58)67(3,4)64(60)43-56;1-27(2)25-11-7-6-10-23(25)24-17-16-22(18-26(24)27)28-21-14-12-20(13-15-21)19-8-4-3-5-9-19;1-9-7-12(8-10(2)14(9)16)11-3-5-13(15)6-4-11/h7-44H,1-6H3;3-18,28H,1-2H3;3-8H,1-2H3. The fourth-order valence-corrected chi connectivity index (χ4v) is 18.2. The van der Waals surface area contributed by atoms with Crippen LogP contribution >= 0.6 is 31.9 Å². The zero-order valence-electron chi connectivity index (χ0n) is 66.3. The van der Waals surface area contributed by atoms with Crippen LogP contribution in [-0.2, 0) is 16.2 Å². The van der Waals surface area contributed by atoms with E-state index >= 15 is 0 Å². The quantitative estimate of drug-likeness (QED) is 0.124. The molecular weight excluding hydrogens is 1510 g/mol. The van der Waals surface area contributed by atoms with Crippen LogP contribution in [0.15, 0.2) is 373 Å². The van der Waals surface area contributed by atoms with E-state index in [1.807, 2.05) is 6.07 Å². The first-order chi connectivity index (χ1) is 55.2. The Hall–Kier alpha value is -12.1. The second-order valence-corrected chi connectivity index (χ2v) is 33.9. The number of nitrogens with one attached hydrogen (secondary N) is 1. The summed E-state index contributed by atoms with van der Waals surface area (Å²) in [6.45, 7) is 22.9. The number of aryl methyl sites for hydroxylation is 4. The van der Waals surface area contributed by atoms with E-state index in [1.165, 1.54) is 155 Å². The van der Waals surface area contributed by atoms with Crippen molar-refractivity contribution in [1.82, 2.24) is 0 Å². The summed E-state index contributed by atoms with van der Waals surface area (Å²) in [5, 5.41) is 3.58. The molecule has 16 aromatic carbocycles. The lowest BCUT2D eigenvalue weighted by molar-refractivity contribution is 0.660. The molecule has 0 saturated heterocycles. The van der Waals surface area contributed by atoms with Crippen molar-refractivity contribution < 1.29 is 0 Å². The number of rotatable bonds is 13. The van der Waals surface area contributed by atoms with Gasteiger partial charge in [-0.25, -0.2) is 0 Å². The molecule has 0 saturated carbocycles.